The fourth-order valence-corrected chi connectivity index (χ4v) is 1.59. The molecule has 0 saturated heterocycles. The van der Waals surface area contributed by atoms with E-state index in [4.69, 9.17) is 5.26 Å². The first kappa shape index (κ1) is 17.1. The fraction of sp³-hybridized carbons (Fsp3) is 0.625. The average Bonchev–Trinajstić information content (AvgIpc) is 2.30. The minimum Gasteiger partial charge on any atom is -0.251 e. The summed E-state index contributed by atoms with van der Waals surface area (Å²) in [6, 6.07) is 8.76. The van der Waals surface area contributed by atoms with Gasteiger partial charge in [-0.15, -0.1) is 0 Å². The predicted molar refractivity (Wildman–Crippen MR) is 78.0 cm³/mol. The zero-order valence-corrected chi connectivity index (χ0v) is 12.7. The largest absolute Gasteiger partial charge is 0.251 e. The summed E-state index contributed by atoms with van der Waals surface area (Å²) in [7, 11) is 0. The summed E-state index contributed by atoms with van der Waals surface area (Å²) in [5.74, 6) is 0.660. The molecule has 2 nitrogen and oxygen atoms in total. The number of hydrogen-bond acceptors (Lipinski definition) is 2. The van der Waals surface area contributed by atoms with Gasteiger partial charge in [-0.2, -0.15) is 0 Å². The van der Waals surface area contributed by atoms with Gasteiger partial charge < -0.3 is 0 Å². The molecule has 18 heavy (non-hydrogen) atoms. The summed E-state index contributed by atoms with van der Waals surface area (Å²) in [5, 5.41) is 7.90. The Labute approximate surface area is 112 Å². The molecule has 0 bridgehead atoms. The summed E-state index contributed by atoms with van der Waals surface area (Å²) >= 11 is 0. The van der Waals surface area contributed by atoms with Crippen LogP contribution in [-0.4, -0.2) is 10.9 Å². The van der Waals surface area contributed by atoms with Gasteiger partial charge in [0.05, 0.1) is 5.60 Å². The van der Waals surface area contributed by atoms with Gasteiger partial charge in [-0.05, 0) is 44.2 Å². The maximum absolute atomic E-state index is 7.90. The first-order valence-corrected chi connectivity index (χ1v) is 6.72. The van der Waals surface area contributed by atoms with Crippen molar-refractivity contribution in [1.82, 2.24) is 0 Å². The summed E-state index contributed by atoms with van der Waals surface area (Å²) in [4.78, 5) is 3.94. The molecule has 0 radical (unpaired) electrons. The quantitative estimate of drug-likeness (QED) is 0.603. The van der Waals surface area contributed by atoms with E-state index in [0.29, 0.717) is 5.92 Å². The molecule has 104 valence electrons. The maximum atomic E-state index is 7.90. The summed E-state index contributed by atoms with van der Waals surface area (Å²) in [6.07, 6.45) is 2.46. The Kier molecular flexibility index (Phi) is 7.88. The van der Waals surface area contributed by atoms with Gasteiger partial charge in [0, 0.05) is 0 Å². The number of hydrogen-bond donors (Lipinski definition) is 1. The molecule has 2 heteroatoms. The van der Waals surface area contributed by atoms with Gasteiger partial charge in [-0.3, -0.25) is 5.26 Å². The van der Waals surface area contributed by atoms with Crippen LogP contribution in [0.3, 0.4) is 0 Å². The van der Waals surface area contributed by atoms with Crippen LogP contribution >= 0.6 is 0 Å². The first-order valence-electron chi connectivity index (χ1n) is 6.72. The third-order valence-electron chi connectivity index (χ3n) is 2.47. The van der Waals surface area contributed by atoms with E-state index in [2.05, 4.69) is 49.9 Å². The highest BCUT2D eigenvalue weighted by Crippen LogP contribution is 2.19. The second-order valence-corrected chi connectivity index (χ2v) is 5.81. The Hall–Kier alpha value is -0.860. The highest BCUT2D eigenvalue weighted by Gasteiger charge is 2.07. The molecule has 1 rings (SSSR count). The Morgan fingerprint density at radius 2 is 1.67 bits per heavy atom. The molecular formula is C16H28O2. The number of rotatable bonds is 3. The molecule has 0 unspecified atom stereocenters. The second-order valence-electron chi connectivity index (χ2n) is 5.81. The van der Waals surface area contributed by atoms with E-state index in [9.17, 15) is 0 Å². The Morgan fingerprint density at radius 3 is 2.06 bits per heavy atom. The molecule has 0 heterocycles. The van der Waals surface area contributed by atoms with Crippen LogP contribution < -0.4 is 0 Å². The lowest BCUT2D eigenvalue weighted by molar-refractivity contribution is -0.306. The lowest BCUT2D eigenvalue weighted by Crippen LogP contribution is -2.15. The van der Waals surface area contributed by atoms with Gasteiger partial charge in [-0.1, -0.05) is 51.5 Å². The van der Waals surface area contributed by atoms with E-state index in [1.165, 1.54) is 24.0 Å². The van der Waals surface area contributed by atoms with Gasteiger partial charge in [-0.25, -0.2) is 4.89 Å². The van der Waals surface area contributed by atoms with Crippen molar-refractivity contribution in [2.24, 2.45) is 0 Å². The monoisotopic (exact) mass is 252 g/mol. The van der Waals surface area contributed by atoms with Crippen molar-refractivity contribution in [2.75, 3.05) is 0 Å². The van der Waals surface area contributed by atoms with E-state index in [1.807, 2.05) is 0 Å². The SMILES string of the molecule is CC(C)(C)OO.CCCc1ccccc1C(C)C. The molecule has 0 amide bonds. The van der Waals surface area contributed by atoms with Gasteiger partial charge in [0.2, 0.25) is 0 Å². The molecule has 0 aliphatic heterocycles. The minimum atomic E-state index is -0.403. The van der Waals surface area contributed by atoms with Crippen LogP contribution in [0.25, 0.3) is 0 Å². The van der Waals surface area contributed by atoms with Gasteiger partial charge in [0.1, 0.15) is 0 Å². The number of aryl methyl sites for hydroxylation is 1. The molecule has 0 spiro atoms. The molecule has 1 N–H and O–H groups in total. The van der Waals surface area contributed by atoms with E-state index in [1.54, 1.807) is 20.8 Å². The highest BCUT2D eigenvalue weighted by atomic mass is 17.1. The molecule has 0 atom stereocenters. The molecule has 1 aromatic rings. The van der Waals surface area contributed by atoms with Crippen LogP contribution in [0.4, 0.5) is 0 Å². The molecular weight excluding hydrogens is 224 g/mol. The summed E-state index contributed by atoms with van der Waals surface area (Å²) < 4.78 is 0. The van der Waals surface area contributed by atoms with Gasteiger partial charge in [0.25, 0.3) is 0 Å². The van der Waals surface area contributed by atoms with Crippen LogP contribution in [0.1, 0.15) is 65.0 Å². The predicted octanol–water partition coefficient (Wildman–Crippen LogP) is 5.04. The van der Waals surface area contributed by atoms with Crippen molar-refractivity contribution in [2.45, 2.75) is 65.9 Å². The zero-order chi connectivity index (χ0) is 14.2. The van der Waals surface area contributed by atoms with Crippen LogP contribution in [-0.2, 0) is 11.3 Å². The van der Waals surface area contributed by atoms with Gasteiger partial charge in [0.15, 0.2) is 0 Å². The van der Waals surface area contributed by atoms with Crippen molar-refractivity contribution < 1.29 is 10.1 Å². The summed E-state index contributed by atoms with van der Waals surface area (Å²) in [6.45, 7) is 12.1. The van der Waals surface area contributed by atoms with E-state index >= 15 is 0 Å². The highest BCUT2D eigenvalue weighted by molar-refractivity contribution is 5.29. The van der Waals surface area contributed by atoms with E-state index in [0.717, 1.165) is 0 Å². The molecule has 1 aromatic carbocycles. The van der Waals surface area contributed by atoms with Crippen molar-refractivity contribution in [3.8, 4) is 0 Å². The standard InChI is InChI=1S/C12H18.C4H10O2/c1-4-7-11-8-5-6-9-12(11)10(2)3;1-4(2,3)6-5/h5-6,8-10H,4,7H2,1-3H3;5H,1-3H3. The van der Waals surface area contributed by atoms with Crippen molar-refractivity contribution in [3.63, 3.8) is 0 Å². The topological polar surface area (TPSA) is 29.5 Å². The minimum absolute atomic E-state index is 0.403. The van der Waals surface area contributed by atoms with Crippen LogP contribution in [0, 0.1) is 0 Å². The molecule has 0 aromatic heterocycles. The lowest BCUT2D eigenvalue weighted by Gasteiger charge is -2.11. The van der Waals surface area contributed by atoms with E-state index in [-0.39, 0.29) is 0 Å². The zero-order valence-electron chi connectivity index (χ0n) is 12.7. The van der Waals surface area contributed by atoms with Crippen molar-refractivity contribution >= 4 is 0 Å². The third-order valence-corrected chi connectivity index (χ3v) is 2.47. The number of benzene rings is 1. The first-order chi connectivity index (χ1) is 8.31. The Bertz CT molecular complexity index is 324. The normalized spacial score (nSPS) is 11.1. The summed E-state index contributed by atoms with van der Waals surface area (Å²) in [5.41, 5.74) is 2.63. The Morgan fingerprint density at radius 1 is 1.17 bits per heavy atom. The third kappa shape index (κ3) is 7.46. The van der Waals surface area contributed by atoms with Crippen LogP contribution in [0.2, 0.25) is 0 Å². The molecule has 0 saturated carbocycles. The Balaban J connectivity index is 0.000000411. The van der Waals surface area contributed by atoms with Crippen molar-refractivity contribution in [3.05, 3.63) is 35.4 Å². The van der Waals surface area contributed by atoms with Crippen molar-refractivity contribution in [1.29, 1.82) is 0 Å². The average molecular weight is 252 g/mol. The van der Waals surface area contributed by atoms with Crippen LogP contribution in [0.15, 0.2) is 24.3 Å². The second kappa shape index (κ2) is 8.28. The molecule has 0 aliphatic rings. The van der Waals surface area contributed by atoms with E-state index < -0.39 is 5.60 Å². The van der Waals surface area contributed by atoms with Gasteiger partial charge >= 0.3 is 0 Å². The van der Waals surface area contributed by atoms with Crippen LogP contribution in [0.5, 0.6) is 0 Å². The lowest BCUT2D eigenvalue weighted by atomic mass is 9.95. The smallest absolute Gasteiger partial charge is 0.0949 e. The maximum Gasteiger partial charge on any atom is 0.0949 e. The molecule has 0 fully saturated rings. The fourth-order valence-electron chi connectivity index (χ4n) is 1.59. The molecule has 0 aliphatic carbocycles.